The molecular formula is C19H23NO2. The average Bonchev–Trinajstić information content (AvgIpc) is 2.49. The molecule has 1 amide bonds. The van der Waals surface area contributed by atoms with E-state index < -0.39 is 6.10 Å². The van der Waals surface area contributed by atoms with Gasteiger partial charge in [0.2, 0.25) is 0 Å². The topological polar surface area (TPSA) is 38.3 Å². The second-order valence-corrected chi connectivity index (χ2v) is 5.67. The lowest BCUT2D eigenvalue weighted by atomic mass is 10.1. The molecule has 0 saturated heterocycles. The first-order chi connectivity index (χ1) is 10.5. The van der Waals surface area contributed by atoms with Crippen molar-refractivity contribution in [2.75, 3.05) is 0 Å². The lowest BCUT2D eigenvalue weighted by Crippen LogP contribution is -2.36. The van der Waals surface area contributed by atoms with Crippen LogP contribution in [-0.4, -0.2) is 12.0 Å². The molecule has 116 valence electrons. The maximum Gasteiger partial charge on any atom is 0.261 e. The van der Waals surface area contributed by atoms with Crippen LogP contribution in [-0.2, 0) is 11.3 Å². The normalized spacial score (nSPS) is 11.8. The van der Waals surface area contributed by atoms with E-state index in [2.05, 4.69) is 5.32 Å². The van der Waals surface area contributed by atoms with Gasteiger partial charge in [0.1, 0.15) is 5.75 Å². The van der Waals surface area contributed by atoms with Gasteiger partial charge in [-0.3, -0.25) is 4.79 Å². The van der Waals surface area contributed by atoms with Crippen molar-refractivity contribution in [3.05, 3.63) is 64.7 Å². The number of nitrogens with one attached hydrogen (secondary N) is 1. The van der Waals surface area contributed by atoms with Crippen LogP contribution in [0.5, 0.6) is 5.75 Å². The Hall–Kier alpha value is -2.29. The van der Waals surface area contributed by atoms with E-state index in [0.717, 1.165) is 22.4 Å². The summed E-state index contributed by atoms with van der Waals surface area (Å²) in [7, 11) is 0. The van der Waals surface area contributed by atoms with Crippen LogP contribution >= 0.6 is 0 Å². The van der Waals surface area contributed by atoms with Crippen LogP contribution in [0.15, 0.2) is 42.5 Å². The summed E-state index contributed by atoms with van der Waals surface area (Å²) < 4.78 is 5.79. The Labute approximate surface area is 132 Å². The van der Waals surface area contributed by atoms with Gasteiger partial charge in [-0.25, -0.2) is 0 Å². The highest BCUT2D eigenvalue weighted by molar-refractivity contribution is 5.80. The summed E-state index contributed by atoms with van der Waals surface area (Å²) in [5.41, 5.74) is 4.44. The number of ether oxygens (including phenoxy) is 1. The zero-order valence-electron chi connectivity index (χ0n) is 13.6. The summed E-state index contributed by atoms with van der Waals surface area (Å²) in [4.78, 5) is 12.2. The Morgan fingerprint density at radius 1 is 1.09 bits per heavy atom. The van der Waals surface area contributed by atoms with Crippen molar-refractivity contribution in [3.8, 4) is 5.75 Å². The van der Waals surface area contributed by atoms with Crippen LogP contribution in [0.25, 0.3) is 0 Å². The van der Waals surface area contributed by atoms with E-state index in [1.54, 1.807) is 6.92 Å². The van der Waals surface area contributed by atoms with Crippen molar-refractivity contribution in [2.45, 2.75) is 40.3 Å². The van der Waals surface area contributed by atoms with Gasteiger partial charge in [-0.15, -0.1) is 0 Å². The summed E-state index contributed by atoms with van der Waals surface area (Å²) in [5.74, 6) is 0.655. The maximum atomic E-state index is 12.2. The molecule has 0 aliphatic carbocycles. The van der Waals surface area contributed by atoms with E-state index in [1.807, 2.05) is 63.2 Å². The van der Waals surface area contributed by atoms with Crippen molar-refractivity contribution in [1.29, 1.82) is 0 Å². The Morgan fingerprint density at radius 3 is 2.55 bits per heavy atom. The molecular weight excluding hydrogens is 274 g/mol. The molecule has 0 heterocycles. The van der Waals surface area contributed by atoms with E-state index in [9.17, 15) is 4.79 Å². The molecule has 2 aromatic carbocycles. The van der Waals surface area contributed by atoms with Gasteiger partial charge in [0.15, 0.2) is 6.10 Å². The number of hydrogen-bond donors (Lipinski definition) is 1. The Kier molecular flexibility index (Phi) is 5.21. The van der Waals surface area contributed by atoms with E-state index >= 15 is 0 Å². The first-order valence-corrected chi connectivity index (χ1v) is 7.53. The number of carbonyl (C=O) groups excluding carboxylic acids is 1. The van der Waals surface area contributed by atoms with E-state index in [0.29, 0.717) is 6.54 Å². The van der Waals surface area contributed by atoms with E-state index in [-0.39, 0.29) is 5.91 Å². The molecule has 3 heteroatoms. The fourth-order valence-corrected chi connectivity index (χ4v) is 2.21. The highest BCUT2D eigenvalue weighted by atomic mass is 16.5. The largest absolute Gasteiger partial charge is 0.481 e. The van der Waals surface area contributed by atoms with Gasteiger partial charge < -0.3 is 10.1 Å². The highest BCUT2D eigenvalue weighted by Gasteiger charge is 2.15. The molecule has 0 aromatic heterocycles. The van der Waals surface area contributed by atoms with Crippen LogP contribution in [0.3, 0.4) is 0 Å². The molecule has 0 fully saturated rings. The summed E-state index contributed by atoms with van der Waals surface area (Å²) in [6, 6.07) is 14.0. The molecule has 2 rings (SSSR count). The summed E-state index contributed by atoms with van der Waals surface area (Å²) in [5, 5.41) is 2.93. The first-order valence-electron chi connectivity index (χ1n) is 7.53. The van der Waals surface area contributed by atoms with Gasteiger partial charge in [-0.2, -0.15) is 0 Å². The third-order valence-electron chi connectivity index (χ3n) is 3.73. The zero-order chi connectivity index (χ0) is 16.1. The van der Waals surface area contributed by atoms with Gasteiger partial charge >= 0.3 is 0 Å². The van der Waals surface area contributed by atoms with E-state index in [4.69, 9.17) is 4.74 Å². The summed E-state index contributed by atoms with van der Waals surface area (Å²) in [6.07, 6.45) is -0.524. The minimum Gasteiger partial charge on any atom is -0.481 e. The molecule has 0 radical (unpaired) electrons. The van der Waals surface area contributed by atoms with Gasteiger partial charge in [0.25, 0.3) is 5.91 Å². The number of carbonyl (C=O) groups is 1. The second-order valence-electron chi connectivity index (χ2n) is 5.67. The summed E-state index contributed by atoms with van der Waals surface area (Å²) >= 11 is 0. The predicted octanol–water partition coefficient (Wildman–Crippen LogP) is 3.70. The monoisotopic (exact) mass is 297 g/mol. The third-order valence-corrected chi connectivity index (χ3v) is 3.73. The number of rotatable bonds is 5. The molecule has 22 heavy (non-hydrogen) atoms. The van der Waals surface area contributed by atoms with Crippen LogP contribution in [0.1, 0.15) is 29.2 Å². The molecule has 3 nitrogen and oxygen atoms in total. The molecule has 0 aliphatic rings. The third kappa shape index (κ3) is 4.10. The Morgan fingerprint density at radius 2 is 1.82 bits per heavy atom. The second kappa shape index (κ2) is 7.12. The number of hydrogen-bond acceptors (Lipinski definition) is 2. The molecule has 0 aliphatic heterocycles. The Bertz CT molecular complexity index is 664. The molecule has 0 spiro atoms. The standard InChI is InChI=1S/C19H23NO2/c1-13-9-10-15(3)18(11-13)22-16(4)19(21)20-12-17-8-6-5-7-14(17)2/h5-11,16H,12H2,1-4H3,(H,20,21). The highest BCUT2D eigenvalue weighted by Crippen LogP contribution is 2.20. The first kappa shape index (κ1) is 16.1. The zero-order valence-corrected chi connectivity index (χ0v) is 13.6. The lowest BCUT2D eigenvalue weighted by molar-refractivity contribution is -0.127. The number of amides is 1. The smallest absolute Gasteiger partial charge is 0.261 e. The Balaban J connectivity index is 1.95. The fraction of sp³-hybridized carbons (Fsp3) is 0.316. The minimum absolute atomic E-state index is 0.107. The van der Waals surface area contributed by atoms with Gasteiger partial charge in [-0.05, 0) is 56.0 Å². The average molecular weight is 297 g/mol. The molecule has 1 N–H and O–H groups in total. The van der Waals surface area contributed by atoms with Crippen LogP contribution < -0.4 is 10.1 Å². The molecule has 1 atom stereocenters. The van der Waals surface area contributed by atoms with Gasteiger partial charge in [-0.1, -0.05) is 36.4 Å². The molecule has 0 saturated carbocycles. The van der Waals surface area contributed by atoms with Crippen molar-refractivity contribution in [3.63, 3.8) is 0 Å². The van der Waals surface area contributed by atoms with E-state index in [1.165, 1.54) is 5.56 Å². The van der Waals surface area contributed by atoms with Gasteiger partial charge in [0, 0.05) is 6.54 Å². The summed E-state index contributed by atoms with van der Waals surface area (Å²) in [6.45, 7) is 8.32. The lowest BCUT2D eigenvalue weighted by Gasteiger charge is -2.17. The van der Waals surface area contributed by atoms with Crippen LogP contribution in [0, 0.1) is 20.8 Å². The minimum atomic E-state index is -0.524. The molecule has 0 bridgehead atoms. The van der Waals surface area contributed by atoms with Crippen molar-refractivity contribution in [2.24, 2.45) is 0 Å². The number of benzene rings is 2. The molecule has 2 aromatic rings. The maximum absolute atomic E-state index is 12.2. The fourth-order valence-electron chi connectivity index (χ4n) is 2.21. The van der Waals surface area contributed by atoms with Crippen molar-refractivity contribution >= 4 is 5.91 Å². The van der Waals surface area contributed by atoms with Crippen molar-refractivity contribution < 1.29 is 9.53 Å². The predicted molar refractivity (Wildman–Crippen MR) is 89.0 cm³/mol. The van der Waals surface area contributed by atoms with Crippen LogP contribution in [0.4, 0.5) is 0 Å². The van der Waals surface area contributed by atoms with Crippen molar-refractivity contribution in [1.82, 2.24) is 5.32 Å². The SMILES string of the molecule is Cc1ccc(C)c(OC(C)C(=O)NCc2ccccc2C)c1. The molecule has 1 unspecified atom stereocenters. The quantitative estimate of drug-likeness (QED) is 0.914. The van der Waals surface area contributed by atoms with Gasteiger partial charge in [0.05, 0.1) is 0 Å². The number of aryl methyl sites for hydroxylation is 3. The van der Waals surface area contributed by atoms with Crippen LogP contribution in [0.2, 0.25) is 0 Å².